The molecule has 1 amide bonds. The van der Waals surface area contributed by atoms with Crippen LogP contribution in [0.4, 0.5) is 0 Å². The number of hydrogen-bond donors (Lipinski definition) is 2. The predicted octanol–water partition coefficient (Wildman–Crippen LogP) is 1.51. The van der Waals surface area contributed by atoms with E-state index in [0.29, 0.717) is 30.8 Å². The largest absolute Gasteiger partial charge is 0.395 e. The molecule has 0 heterocycles. The van der Waals surface area contributed by atoms with Gasteiger partial charge in [-0.2, -0.15) is 0 Å². The van der Waals surface area contributed by atoms with Crippen molar-refractivity contribution in [3.63, 3.8) is 0 Å². The lowest BCUT2D eigenvalue weighted by molar-refractivity contribution is -0.141. The topological polar surface area (TPSA) is 60.8 Å². The molecule has 19 heavy (non-hydrogen) atoms. The van der Waals surface area contributed by atoms with Gasteiger partial charge in [0.2, 0.25) is 5.91 Å². The molecular weight excluding hydrogens is 242 g/mol. The molecule has 1 saturated carbocycles. The van der Waals surface area contributed by atoms with Gasteiger partial charge in [-0.3, -0.25) is 4.79 Å². The van der Waals surface area contributed by atoms with Crippen molar-refractivity contribution in [2.45, 2.75) is 40.0 Å². The molecule has 0 aliphatic heterocycles. The third kappa shape index (κ3) is 4.46. The fraction of sp³-hybridized carbons (Fsp3) is 0.933. The maximum atomic E-state index is 12.6. The van der Waals surface area contributed by atoms with Gasteiger partial charge < -0.3 is 15.1 Å². The zero-order chi connectivity index (χ0) is 14.4. The molecule has 1 fully saturated rings. The first-order valence-electron chi connectivity index (χ1n) is 7.51. The van der Waals surface area contributed by atoms with E-state index in [9.17, 15) is 4.79 Å². The van der Waals surface area contributed by atoms with Crippen molar-refractivity contribution in [2.24, 2.45) is 23.7 Å². The molecule has 0 spiro atoms. The number of hydrogen-bond acceptors (Lipinski definition) is 3. The van der Waals surface area contributed by atoms with Crippen LogP contribution in [-0.2, 0) is 4.79 Å². The smallest absolute Gasteiger partial charge is 0.226 e. The van der Waals surface area contributed by atoms with E-state index in [2.05, 4.69) is 20.8 Å². The summed E-state index contributed by atoms with van der Waals surface area (Å²) in [5, 5.41) is 18.1. The molecule has 1 aliphatic rings. The van der Waals surface area contributed by atoms with Gasteiger partial charge in [-0.15, -0.1) is 0 Å². The van der Waals surface area contributed by atoms with E-state index >= 15 is 0 Å². The number of rotatable bonds is 6. The van der Waals surface area contributed by atoms with E-state index < -0.39 is 0 Å². The average Bonchev–Trinajstić information content (AvgIpc) is 2.37. The number of carbonyl (C=O) groups is 1. The number of carbonyl (C=O) groups excluding carboxylic acids is 1. The summed E-state index contributed by atoms with van der Waals surface area (Å²) in [6, 6.07) is 0. The van der Waals surface area contributed by atoms with Crippen molar-refractivity contribution in [1.29, 1.82) is 0 Å². The van der Waals surface area contributed by atoms with Gasteiger partial charge in [0.05, 0.1) is 13.2 Å². The quantitative estimate of drug-likeness (QED) is 0.770. The fourth-order valence-electron chi connectivity index (χ4n) is 3.29. The molecule has 0 bridgehead atoms. The Bertz CT molecular complexity index is 275. The summed E-state index contributed by atoms with van der Waals surface area (Å²) in [5.41, 5.74) is 0. The Morgan fingerprint density at radius 1 is 1.21 bits per heavy atom. The van der Waals surface area contributed by atoms with E-state index in [0.717, 1.165) is 12.8 Å². The second kappa shape index (κ2) is 7.85. The minimum atomic E-state index is -0.0413. The van der Waals surface area contributed by atoms with Crippen LogP contribution in [0.1, 0.15) is 40.0 Å². The predicted molar refractivity (Wildman–Crippen MR) is 75.6 cm³/mol. The normalized spacial score (nSPS) is 27.6. The highest BCUT2D eigenvalue weighted by Crippen LogP contribution is 2.38. The summed E-state index contributed by atoms with van der Waals surface area (Å²) in [6.07, 6.45) is 3.25. The lowest BCUT2D eigenvalue weighted by Gasteiger charge is -2.39. The van der Waals surface area contributed by atoms with Gasteiger partial charge in [0, 0.05) is 19.0 Å². The van der Waals surface area contributed by atoms with Gasteiger partial charge in [0.25, 0.3) is 0 Å². The molecule has 2 N–H and O–H groups in total. The minimum Gasteiger partial charge on any atom is -0.395 e. The van der Waals surface area contributed by atoms with Crippen molar-refractivity contribution in [3.8, 4) is 0 Å². The highest BCUT2D eigenvalue weighted by molar-refractivity contribution is 5.79. The number of aliphatic hydroxyl groups excluding tert-OH is 2. The van der Waals surface area contributed by atoms with Crippen LogP contribution in [0.15, 0.2) is 0 Å². The highest BCUT2D eigenvalue weighted by atomic mass is 16.3. The summed E-state index contributed by atoms with van der Waals surface area (Å²) < 4.78 is 0. The molecule has 1 aliphatic carbocycles. The van der Waals surface area contributed by atoms with Gasteiger partial charge in [0.1, 0.15) is 0 Å². The zero-order valence-electron chi connectivity index (χ0n) is 12.5. The van der Waals surface area contributed by atoms with Gasteiger partial charge in [-0.05, 0) is 30.6 Å². The summed E-state index contributed by atoms with van der Waals surface area (Å²) in [7, 11) is 0. The van der Waals surface area contributed by atoms with Gasteiger partial charge in [0.15, 0.2) is 0 Å². The van der Waals surface area contributed by atoms with Crippen molar-refractivity contribution in [2.75, 3.05) is 26.3 Å². The lowest BCUT2D eigenvalue weighted by atomic mass is 9.69. The second-order valence-corrected chi connectivity index (χ2v) is 6.21. The molecule has 1 rings (SSSR count). The van der Waals surface area contributed by atoms with Crippen LogP contribution in [0.5, 0.6) is 0 Å². The number of amides is 1. The SMILES string of the molecule is CC1CCC(C(C)C)C(C(=O)N(CCO)CCO)C1. The Kier molecular flexibility index (Phi) is 6.80. The monoisotopic (exact) mass is 271 g/mol. The molecule has 112 valence electrons. The minimum absolute atomic E-state index is 0.0413. The van der Waals surface area contributed by atoms with Gasteiger partial charge >= 0.3 is 0 Å². The Morgan fingerprint density at radius 3 is 2.26 bits per heavy atom. The molecule has 0 aromatic heterocycles. The summed E-state index contributed by atoms with van der Waals surface area (Å²) in [4.78, 5) is 14.3. The number of aliphatic hydroxyl groups is 2. The molecule has 3 unspecified atom stereocenters. The molecule has 4 heteroatoms. The van der Waals surface area contributed by atoms with Crippen LogP contribution in [-0.4, -0.2) is 47.3 Å². The second-order valence-electron chi connectivity index (χ2n) is 6.21. The maximum absolute atomic E-state index is 12.6. The molecule has 3 atom stereocenters. The van der Waals surface area contributed by atoms with Crippen LogP contribution in [0, 0.1) is 23.7 Å². The molecule has 0 aromatic carbocycles. The Morgan fingerprint density at radius 2 is 1.79 bits per heavy atom. The van der Waals surface area contributed by atoms with E-state index in [1.165, 1.54) is 6.42 Å². The maximum Gasteiger partial charge on any atom is 0.226 e. The first kappa shape index (κ1) is 16.4. The highest BCUT2D eigenvalue weighted by Gasteiger charge is 2.37. The third-order valence-corrected chi connectivity index (χ3v) is 4.39. The molecule has 4 nitrogen and oxygen atoms in total. The first-order chi connectivity index (χ1) is 9.01. The van der Waals surface area contributed by atoms with E-state index in [4.69, 9.17) is 10.2 Å². The molecular formula is C15H29NO3. The van der Waals surface area contributed by atoms with E-state index in [1.54, 1.807) is 4.90 Å². The van der Waals surface area contributed by atoms with Crippen molar-refractivity contribution in [1.82, 2.24) is 4.90 Å². The third-order valence-electron chi connectivity index (χ3n) is 4.39. The van der Waals surface area contributed by atoms with Crippen molar-refractivity contribution < 1.29 is 15.0 Å². The first-order valence-corrected chi connectivity index (χ1v) is 7.51. The Balaban J connectivity index is 2.78. The van der Waals surface area contributed by atoms with Crippen LogP contribution in [0.25, 0.3) is 0 Å². The Labute approximate surface area is 116 Å². The lowest BCUT2D eigenvalue weighted by Crippen LogP contribution is -2.45. The van der Waals surface area contributed by atoms with Crippen molar-refractivity contribution in [3.05, 3.63) is 0 Å². The standard InChI is InChI=1S/C15H29NO3/c1-11(2)13-5-4-12(3)10-14(13)15(19)16(6-8-17)7-9-18/h11-14,17-18H,4-10H2,1-3H3. The molecule has 0 saturated heterocycles. The zero-order valence-corrected chi connectivity index (χ0v) is 12.5. The van der Waals surface area contributed by atoms with Gasteiger partial charge in [-0.1, -0.05) is 27.2 Å². The summed E-state index contributed by atoms with van der Waals surface area (Å²) in [6.45, 7) is 7.15. The Hall–Kier alpha value is -0.610. The van der Waals surface area contributed by atoms with Crippen LogP contribution in [0.3, 0.4) is 0 Å². The average molecular weight is 271 g/mol. The summed E-state index contributed by atoms with van der Waals surface area (Å²) >= 11 is 0. The summed E-state index contributed by atoms with van der Waals surface area (Å²) in [5.74, 6) is 1.71. The van der Waals surface area contributed by atoms with Crippen molar-refractivity contribution >= 4 is 5.91 Å². The van der Waals surface area contributed by atoms with Gasteiger partial charge in [-0.25, -0.2) is 0 Å². The van der Waals surface area contributed by atoms with Crippen LogP contribution in [0.2, 0.25) is 0 Å². The van der Waals surface area contributed by atoms with E-state index in [1.807, 2.05) is 0 Å². The molecule has 0 aromatic rings. The molecule has 0 radical (unpaired) electrons. The number of nitrogens with zero attached hydrogens (tertiary/aromatic N) is 1. The van der Waals surface area contributed by atoms with Crippen LogP contribution >= 0.6 is 0 Å². The van der Waals surface area contributed by atoms with Crippen LogP contribution < -0.4 is 0 Å². The fourth-order valence-corrected chi connectivity index (χ4v) is 3.29. The van der Waals surface area contributed by atoms with E-state index in [-0.39, 0.29) is 25.0 Å².